The van der Waals surface area contributed by atoms with Crippen molar-refractivity contribution in [3.8, 4) is 22.9 Å². The molecule has 6 heteroatoms. The zero-order valence-corrected chi connectivity index (χ0v) is 16.9. The molecule has 29 heavy (non-hydrogen) atoms. The van der Waals surface area contributed by atoms with Crippen LogP contribution in [0.15, 0.2) is 60.7 Å². The van der Waals surface area contributed by atoms with Gasteiger partial charge in [0.2, 0.25) is 5.88 Å². The molecule has 0 fully saturated rings. The first-order valence-corrected chi connectivity index (χ1v) is 9.56. The summed E-state index contributed by atoms with van der Waals surface area (Å²) in [5.41, 5.74) is 4.09. The molecule has 0 spiro atoms. The van der Waals surface area contributed by atoms with Crippen molar-refractivity contribution in [1.82, 2.24) is 15.5 Å². The van der Waals surface area contributed by atoms with Crippen LogP contribution in [-0.2, 0) is 4.79 Å². The van der Waals surface area contributed by atoms with E-state index in [4.69, 9.17) is 9.47 Å². The van der Waals surface area contributed by atoms with Gasteiger partial charge in [0.15, 0.2) is 6.10 Å². The second-order valence-electron chi connectivity index (χ2n) is 6.77. The van der Waals surface area contributed by atoms with Gasteiger partial charge in [-0.3, -0.25) is 4.79 Å². The van der Waals surface area contributed by atoms with Crippen molar-refractivity contribution in [3.05, 3.63) is 71.8 Å². The van der Waals surface area contributed by atoms with E-state index in [1.54, 1.807) is 13.0 Å². The Morgan fingerprint density at radius 1 is 1.00 bits per heavy atom. The number of benzene rings is 2. The molecule has 6 nitrogen and oxygen atoms in total. The Kier molecular flexibility index (Phi) is 6.79. The highest BCUT2D eigenvalue weighted by Gasteiger charge is 2.14. The Balaban J connectivity index is 1.41. The number of aryl methyl sites for hydroxylation is 2. The quantitative estimate of drug-likeness (QED) is 0.593. The molecule has 0 aliphatic rings. The fourth-order valence-electron chi connectivity index (χ4n) is 2.68. The molecule has 0 aliphatic heterocycles. The van der Waals surface area contributed by atoms with Crippen LogP contribution in [0.25, 0.3) is 11.3 Å². The minimum atomic E-state index is -0.595. The minimum absolute atomic E-state index is 0.197. The van der Waals surface area contributed by atoms with Gasteiger partial charge in [-0.05, 0) is 50.1 Å². The molecule has 2 aromatic carbocycles. The molecule has 150 valence electrons. The number of aromatic nitrogens is 2. The van der Waals surface area contributed by atoms with Gasteiger partial charge >= 0.3 is 0 Å². The number of ether oxygens (including phenoxy) is 2. The molecule has 0 radical (unpaired) electrons. The van der Waals surface area contributed by atoms with E-state index in [-0.39, 0.29) is 5.91 Å². The van der Waals surface area contributed by atoms with Gasteiger partial charge in [0.25, 0.3) is 5.91 Å². The highest BCUT2D eigenvalue weighted by molar-refractivity contribution is 5.80. The van der Waals surface area contributed by atoms with Crippen LogP contribution in [0.2, 0.25) is 0 Å². The number of rotatable bonds is 8. The number of hydrogen-bond acceptors (Lipinski definition) is 5. The Hall–Kier alpha value is -3.41. The molecular weight excluding hydrogens is 366 g/mol. The van der Waals surface area contributed by atoms with Crippen LogP contribution >= 0.6 is 0 Å². The first kappa shape index (κ1) is 20.3. The predicted octanol–water partition coefficient (Wildman–Crippen LogP) is 3.72. The smallest absolute Gasteiger partial charge is 0.260 e. The average molecular weight is 391 g/mol. The summed E-state index contributed by atoms with van der Waals surface area (Å²) in [5, 5.41) is 11.0. The second-order valence-corrected chi connectivity index (χ2v) is 6.77. The number of amides is 1. The van der Waals surface area contributed by atoms with E-state index in [0.717, 1.165) is 16.8 Å². The van der Waals surface area contributed by atoms with Gasteiger partial charge in [-0.15, -0.1) is 10.2 Å². The van der Waals surface area contributed by atoms with E-state index in [2.05, 4.69) is 15.5 Å². The molecule has 1 unspecified atom stereocenters. The number of carbonyl (C=O) groups is 1. The second kappa shape index (κ2) is 9.68. The highest BCUT2D eigenvalue weighted by atomic mass is 16.5. The molecule has 3 aromatic rings. The van der Waals surface area contributed by atoms with Crippen molar-refractivity contribution in [2.45, 2.75) is 26.9 Å². The zero-order chi connectivity index (χ0) is 20.6. The molecule has 0 bridgehead atoms. The third kappa shape index (κ3) is 5.78. The van der Waals surface area contributed by atoms with Crippen LogP contribution < -0.4 is 14.8 Å². The van der Waals surface area contributed by atoms with E-state index in [9.17, 15) is 4.79 Å². The van der Waals surface area contributed by atoms with Crippen LogP contribution in [0.5, 0.6) is 11.6 Å². The molecule has 1 aromatic heterocycles. The van der Waals surface area contributed by atoms with Crippen molar-refractivity contribution in [2.24, 2.45) is 0 Å². The van der Waals surface area contributed by atoms with Crippen LogP contribution in [-0.4, -0.2) is 35.4 Å². The summed E-state index contributed by atoms with van der Waals surface area (Å²) in [6, 6.07) is 19.2. The van der Waals surface area contributed by atoms with E-state index < -0.39 is 6.10 Å². The Morgan fingerprint density at radius 2 is 1.79 bits per heavy atom. The lowest BCUT2D eigenvalue weighted by molar-refractivity contribution is -0.127. The summed E-state index contributed by atoms with van der Waals surface area (Å²) in [6.07, 6.45) is -0.595. The average Bonchev–Trinajstić information content (AvgIpc) is 2.74. The maximum Gasteiger partial charge on any atom is 0.260 e. The van der Waals surface area contributed by atoms with E-state index in [1.807, 2.05) is 68.4 Å². The minimum Gasteiger partial charge on any atom is -0.481 e. The van der Waals surface area contributed by atoms with E-state index >= 15 is 0 Å². The van der Waals surface area contributed by atoms with Gasteiger partial charge in [-0.25, -0.2) is 0 Å². The fourth-order valence-corrected chi connectivity index (χ4v) is 2.68. The van der Waals surface area contributed by atoms with Crippen LogP contribution in [0.1, 0.15) is 18.1 Å². The lowest BCUT2D eigenvalue weighted by Gasteiger charge is -2.15. The van der Waals surface area contributed by atoms with Crippen molar-refractivity contribution in [3.63, 3.8) is 0 Å². The molecule has 1 atom stereocenters. The van der Waals surface area contributed by atoms with E-state index in [0.29, 0.717) is 24.8 Å². The third-order valence-electron chi connectivity index (χ3n) is 4.52. The molecule has 1 heterocycles. The number of nitrogens with zero attached hydrogens (tertiary/aromatic N) is 2. The summed E-state index contributed by atoms with van der Waals surface area (Å²) in [7, 11) is 0. The van der Waals surface area contributed by atoms with Crippen molar-refractivity contribution < 1.29 is 14.3 Å². The first-order valence-electron chi connectivity index (χ1n) is 9.56. The van der Waals surface area contributed by atoms with Gasteiger partial charge in [-0.2, -0.15) is 0 Å². The molecule has 0 saturated carbocycles. The highest BCUT2D eigenvalue weighted by Crippen LogP contribution is 2.18. The van der Waals surface area contributed by atoms with Crippen LogP contribution in [0.3, 0.4) is 0 Å². The number of hydrogen-bond donors (Lipinski definition) is 1. The van der Waals surface area contributed by atoms with Crippen molar-refractivity contribution >= 4 is 5.91 Å². The summed E-state index contributed by atoms with van der Waals surface area (Å²) < 4.78 is 11.3. The molecular formula is C23H25N3O3. The van der Waals surface area contributed by atoms with Crippen LogP contribution in [0, 0.1) is 13.8 Å². The Bertz CT molecular complexity index is 943. The zero-order valence-electron chi connectivity index (χ0n) is 16.9. The van der Waals surface area contributed by atoms with Gasteiger partial charge in [0.1, 0.15) is 12.4 Å². The SMILES string of the molecule is Cc1ccc(OC(C)C(=O)NCCOc2ccc(-c3ccccc3)nn2)cc1C. The van der Waals surface area contributed by atoms with E-state index in [1.165, 1.54) is 5.56 Å². The Labute approximate surface area is 170 Å². The molecule has 1 N–H and O–H groups in total. The lowest BCUT2D eigenvalue weighted by atomic mass is 10.1. The molecule has 0 saturated heterocycles. The van der Waals surface area contributed by atoms with Gasteiger partial charge < -0.3 is 14.8 Å². The lowest BCUT2D eigenvalue weighted by Crippen LogP contribution is -2.38. The monoisotopic (exact) mass is 391 g/mol. The summed E-state index contributed by atoms with van der Waals surface area (Å²) in [4.78, 5) is 12.2. The standard InChI is InChI=1S/C23H25N3O3/c1-16-9-10-20(15-17(16)2)29-18(3)23(27)24-13-14-28-22-12-11-21(25-26-22)19-7-5-4-6-8-19/h4-12,15,18H,13-14H2,1-3H3,(H,24,27). The third-order valence-corrected chi connectivity index (χ3v) is 4.52. The summed E-state index contributed by atoms with van der Waals surface area (Å²) in [5.74, 6) is 0.900. The van der Waals surface area contributed by atoms with Gasteiger partial charge in [0.05, 0.1) is 12.2 Å². The predicted molar refractivity (Wildman–Crippen MR) is 112 cm³/mol. The summed E-state index contributed by atoms with van der Waals surface area (Å²) >= 11 is 0. The number of nitrogens with one attached hydrogen (secondary N) is 1. The largest absolute Gasteiger partial charge is 0.481 e. The van der Waals surface area contributed by atoms with Gasteiger partial charge in [0, 0.05) is 11.6 Å². The maximum atomic E-state index is 12.2. The fraction of sp³-hybridized carbons (Fsp3) is 0.261. The normalized spacial score (nSPS) is 11.6. The summed E-state index contributed by atoms with van der Waals surface area (Å²) in [6.45, 7) is 6.41. The molecule has 0 aliphatic carbocycles. The molecule has 3 rings (SSSR count). The Morgan fingerprint density at radius 3 is 2.48 bits per heavy atom. The van der Waals surface area contributed by atoms with Crippen LogP contribution in [0.4, 0.5) is 0 Å². The maximum absolute atomic E-state index is 12.2. The van der Waals surface area contributed by atoms with Crippen molar-refractivity contribution in [1.29, 1.82) is 0 Å². The molecule has 1 amide bonds. The number of carbonyl (C=O) groups excluding carboxylic acids is 1. The van der Waals surface area contributed by atoms with Gasteiger partial charge in [-0.1, -0.05) is 36.4 Å². The topological polar surface area (TPSA) is 73.3 Å². The van der Waals surface area contributed by atoms with Crippen molar-refractivity contribution in [2.75, 3.05) is 13.2 Å². The first-order chi connectivity index (χ1) is 14.0.